The molecule has 1 saturated heterocycles. The number of carbonyl (C=O) groups is 1. The Morgan fingerprint density at radius 3 is 2.40 bits per heavy atom. The van der Waals surface area contributed by atoms with E-state index >= 15 is 0 Å². The Hall–Kier alpha value is -0.620. The van der Waals surface area contributed by atoms with Gasteiger partial charge in [0, 0.05) is 23.7 Å². The van der Waals surface area contributed by atoms with Gasteiger partial charge in [0.25, 0.3) is 0 Å². The van der Waals surface area contributed by atoms with Crippen LogP contribution >= 0.6 is 23.2 Å². The highest BCUT2D eigenvalue weighted by Gasteiger charge is 2.29. The molecular formula is C13H15Cl2NO3S. The molecule has 0 aromatic heterocycles. The van der Waals surface area contributed by atoms with E-state index < -0.39 is 15.9 Å². The molecule has 0 N–H and O–H groups in total. The zero-order chi connectivity index (χ0) is 14.9. The van der Waals surface area contributed by atoms with Crippen LogP contribution in [0.4, 0.5) is 0 Å². The van der Waals surface area contributed by atoms with Crippen molar-refractivity contribution in [3.8, 4) is 0 Å². The molecule has 4 nitrogen and oxygen atoms in total. The zero-order valence-electron chi connectivity index (χ0n) is 11.0. The number of sulfone groups is 1. The zero-order valence-corrected chi connectivity index (χ0v) is 13.3. The van der Waals surface area contributed by atoms with E-state index in [9.17, 15) is 13.2 Å². The maximum atomic E-state index is 12.4. The maximum Gasteiger partial charge on any atom is 0.181 e. The largest absolute Gasteiger partial charge is 0.292 e. The topological polar surface area (TPSA) is 54.5 Å². The normalized spacial score (nSPS) is 20.6. The molecule has 7 heteroatoms. The molecule has 0 spiro atoms. The molecule has 1 unspecified atom stereocenters. The molecule has 1 fully saturated rings. The maximum absolute atomic E-state index is 12.4. The Labute approximate surface area is 128 Å². The van der Waals surface area contributed by atoms with Crippen LogP contribution < -0.4 is 0 Å². The number of benzene rings is 1. The third-order valence-corrected chi connectivity index (χ3v) is 5.66. The van der Waals surface area contributed by atoms with E-state index in [1.807, 2.05) is 4.90 Å². The number of carbonyl (C=O) groups excluding carboxylic acids is 1. The number of nitrogens with zero attached hydrogens (tertiary/aromatic N) is 1. The molecule has 0 radical (unpaired) electrons. The summed E-state index contributed by atoms with van der Waals surface area (Å²) >= 11 is 11.8. The summed E-state index contributed by atoms with van der Waals surface area (Å²) in [7, 11) is -2.95. The summed E-state index contributed by atoms with van der Waals surface area (Å²) in [6, 6.07) is 4.35. The first-order valence-electron chi connectivity index (χ1n) is 6.24. The fraction of sp³-hybridized carbons (Fsp3) is 0.462. The Morgan fingerprint density at radius 2 is 1.85 bits per heavy atom. The summed E-state index contributed by atoms with van der Waals surface area (Å²) in [6.45, 7) is 2.52. The van der Waals surface area contributed by atoms with E-state index in [-0.39, 0.29) is 17.3 Å². The van der Waals surface area contributed by atoms with Gasteiger partial charge in [-0.2, -0.15) is 0 Å². The first kappa shape index (κ1) is 15.8. The Bertz CT molecular complexity index is 617. The Balaban J connectivity index is 2.13. The summed E-state index contributed by atoms with van der Waals surface area (Å²) in [4.78, 5) is 14.3. The molecule has 1 aromatic rings. The van der Waals surface area contributed by atoms with Gasteiger partial charge in [-0.1, -0.05) is 23.2 Å². The molecular weight excluding hydrogens is 321 g/mol. The quantitative estimate of drug-likeness (QED) is 0.795. The van der Waals surface area contributed by atoms with Crippen LogP contribution in [0.25, 0.3) is 0 Å². The number of Topliss-reactive ketones (excluding diaryl/α,β-unsaturated/α-hetero) is 1. The molecule has 110 valence electrons. The van der Waals surface area contributed by atoms with E-state index in [2.05, 4.69) is 0 Å². The minimum absolute atomic E-state index is 0.0962. The van der Waals surface area contributed by atoms with Crippen LogP contribution in [-0.4, -0.2) is 49.7 Å². The molecule has 1 aliphatic rings. The lowest BCUT2D eigenvalue weighted by atomic mass is 10.0. The summed E-state index contributed by atoms with van der Waals surface area (Å²) in [5.41, 5.74) is 0.414. The molecule has 0 aliphatic carbocycles. The average Bonchev–Trinajstić information content (AvgIpc) is 2.37. The van der Waals surface area contributed by atoms with Gasteiger partial charge < -0.3 is 0 Å². The average molecular weight is 336 g/mol. The number of hydrogen-bond acceptors (Lipinski definition) is 4. The molecule has 20 heavy (non-hydrogen) atoms. The van der Waals surface area contributed by atoms with Gasteiger partial charge >= 0.3 is 0 Å². The molecule has 0 saturated carbocycles. The van der Waals surface area contributed by atoms with Gasteiger partial charge in [0.15, 0.2) is 15.6 Å². The van der Waals surface area contributed by atoms with Gasteiger partial charge in [-0.3, -0.25) is 9.69 Å². The highest BCUT2D eigenvalue weighted by molar-refractivity contribution is 7.91. The lowest BCUT2D eigenvalue weighted by Gasteiger charge is -2.31. The summed E-state index contributed by atoms with van der Waals surface area (Å²) in [6.07, 6.45) is 0. The van der Waals surface area contributed by atoms with Crippen molar-refractivity contribution in [1.29, 1.82) is 0 Å². The van der Waals surface area contributed by atoms with Gasteiger partial charge in [-0.15, -0.1) is 0 Å². The summed E-state index contributed by atoms with van der Waals surface area (Å²) in [5.74, 6) is 0.0729. The minimum Gasteiger partial charge on any atom is -0.292 e. The number of rotatable bonds is 3. The van der Waals surface area contributed by atoms with Crippen LogP contribution in [-0.2, 0) is 9.84 Å². The predicted octanol–water partition coefficient (Wildman–Crippen LogP) is 2.29. The SMILES string of the molecule is CC(C(=O)c1ccc(Cl)cc1Cl)N1CCS(=O)(=O)CC1. The van der Waals surface area contributed by atoms with E-state index in [4.69, 9.17) is 23.2 Å². The lowest BCUT2D eigenvalue weighted by molar-refractivity contribution is 0.0849. The Morgan fingerprint density at radius 1 is 1.25 bits per heavy atom. The van der Waals surface area contributed by atoms with Crippen molar-refractivity contribution in [3.63, 3.8) is 0 Å². The second-order valence-corrected chi connectivity index (χ2v) is 8.00. The molecule has 1 aromatic carbocycles. The smallest absolute Gasteiger partial charge is 0.181 e. The lowest BCUT2D eigenvalue weighted by Crippen LogP contribution is -2.48. The van der Waals surface area contributed by atoms with Crippen LogP contribution in [0.1, 0.15) is 17.3 Å². The van der Waals surface area contributed by atoms with Crippen LogP contribution in [0, 0.1) is 0 Å². The highest BCUT2D eigenvalue weighted by Crippen LogP contribution is 2.23. The van der Waals surface area contributed by atoms with E-state index in [0.29, 0.717) is 28.7 Å². The first-order chi connectivity index (χ1) is 9.30. The summed E-state index contributed by atoms with van der Waals surface area (Å²) < 4.78 is 22.8. The predicted molar refractivity (Wildman–Crippen MR) is 80.5 cm³/mol. The number of ketones is 1. The van der Waals surface area contributed by atoms with Crippen molar-refractivity contribution in [2.45, 2.75) is 13.0 Å². The number of hydrogen-bond donors (Lipinski definition) is 0. The van der Waals surface area contributed by atoms with E-state index in [1.54, 1.807) is 19.1 Å². The van der Waals surface area contributed by atoms with Crippen LogP contribution in [0.2, 0.25) is 10.0 Å². The molecule has 1 heterocycles. The van der Waals surface area contributed by atoms with Gasteiger partial charge in [-0.05, 0) is 25.1 Å². The van der Waals surface area contributed by atoms with Gasteiger partial charge in [0.1, 0.15) is 0 Å². The summed E-state index contributed by atoms with van der Waals surface area (Å²) in [5, 5.41) is 0.794. The molecule has 0 bridgehead atoms. The first-order valence-corrected chi connectivity index (χ1v) is 8.81. The van der Waals surface area contributed by atoms with Crippen molar-refractivity contribution in [2.75, 3.05) is 24.6 Å². The highest BCUT2D eigenvalue weighted by atomic mass is 35.5. The second-order valence-electron chi connectivity index (χ2n) is 4.85. The van der Waals surface area contributed by atoms with Crippen molar-refractivity contribution in [3.05, 3.63) is 33.8 Å². The fourth-order valence-electron chi connectivity index (χ4n) is 2.19. The van der Waals surface area contributed by atoms with Crippen LogP contribution in [0.15, 0.2) is 18.2 Å². The standard InChI is InChI=1S/C13H15Cl2NO3S/c1-9(16-4-6-20(18,19)7-5-16)13(17)11-3-2-10(14)8-12(11)15/h2-3,8-9H,4-7H2,1H3. The fourth-order valence-corrected chi connectivity index (χ4v) is 3.93. The van der Waals surface area contributed by atoms with Crippen molar-refractivity contribution < 1.29 is 13.2 Å². The van der Waals surface area contributed by atoms with Crippen molar-refractivity contribution in [2.24, 2.45) is 0 Å². The minimum atomic E-state index is -2.95. The molecule has 2 rings (SSSR count). The van der Waals surface area contributed by atoms with Gasteiger partial charge in [0.05, 0.1) is 22.6 Å². The van der Waals surface area contributed by atoms with Gasteiger partial charge in [0.2, 0.25) is 0 Å². The van der Waals surface area contributed by atoms with Crippen molar-refractivity contribution >= 4 is 38.8 Å². The van der Waals surface area contributed by atoms with Gasteiger partial charge in [-0.25, -0.2) is 8.42 Å². The molecule has 1 atom stereocenters. The van der Waals surface area contributed by atoms with E-state index in [1.165, 1.54) is 6.07 Å². The number of halogens is 2. The molecule has 1 aliphatic heterocycles. The van der Waals surface area contributed by atoms with Crippen LogP contribution in [0.3, 0.4) is 0 Å². The monoisotopic (exact) mass is 335 g/mol. The Kier molecular flexibility index (Phi) is 4.74. The van der Waals surface area contributed by atoms with Crippen molar-refractivity contribution in [1.82, 2.24) is 4.90 Å². The third kappa shape index (κ3) is 3.52. The second kappa shape index (κ2) is 6.02. The molecule has 0 amide bonds. The third-order valence-electron chi connectivity index (χ3n) is 3.50. The van der Waals surface area contributed by atoms with E-state index in [0.717, 1.165) is 0 Å². The van der Waals surface area contributed by atoms with Crippen LogP contribution in [0.5, 0.6) is 0 Å².